The van der Waals surface area contributed by atoms with Gasteiger partial charge in [0.25, 0.3) is 5.91 Å². The van der Waals surface area contributed by atoms with Gasteiger partial charge in [-0.05, 0) is 36.4 Å². The van der Waals surface area contributed by atoms with Crippen LogP contribution in [0.4, 0.5) is 16.0 Å². The number of nitrogens with one attached hydrogen (secondary N) is 2. The number of benzene rings is 2. The number of ether oxygens (including phenoxy) is 1. The van der Waals surface area contributed by atoms with E-state index in [0.29, 0.717) is 11.6 Å². The van der Waals surface area contributed by atoms with Crippen molar-refractivity contribution in [2.75, 3.05) is 17.7 Å². The molecule has 9 heteroatoms. The van der Waals surface area contributed by atoms with E-state index in [2.05, 4.69) is 20.7 Å². The van der Waals surface area contributed by atoms with Gasteiger partial charge in [0.15, 0.2) is 5.82 Å². The van der Waals surface area contributed by atoms with Crippen LogP contribution >= 0.6 is 0 Å². The van der Waals surface area contributed by atoms with E-state index in [1.54, 1.807) is 37.4 Å². The highest BCUT2D eigenvalue weighted by atomic mass is 19.1. The molecule has 0 spiro atoms. The van der Waals surface area contributed by atoms with E-state index in [4.69, 9.17) is 4.74 Å². The topological polar surface area (TPSA) is 98.1 Å². The minimum atomic E-state index is -0.860. The molecule has 8 nitrogen and oxygen atoms in total. The zero-order chi connectivity index (χ0) is 19.7. The molecule has 0 saturated carbocycles. The molecule has 2 aromatic carbocycles. The van der Waals surface area contributed by atoms with E-state index in [1.807, 2.05) is 0 Å². The van der Waals surface area contributed by atoms with Gasteiger partial charge < -0.3 is 10.1 Å². The van der Waals surface area contributed by atoms with Gasteiger partial charge in [-0.2, -0.15) is 4.98 Å². The Kier molecular flexibility index (Phi) is 4.48. The SMILES string of the molecule is COc1ccc(-c2nc3n(n2)C(CC(=O)Nc2ccccc2F)C(=O)N3)cc1. The minimum absolute atomic E-state index is 0.0589. The maximum Gasteiger partial charge on any atom is 0.252 e. The van der Waals surface area contributed by atoms with E-state index in [9.17, 15) is 14.0 Å². The van der Waals surface area contributed by atoms with Crippen molar-refractivity contribution in [3.8, 4) is 17.1 Å². The fourth-order valence-electron chi connectivity index (χ4n) is 2.91. The van der Waals surface area contributed by atoms with Gasteiger partial charge in [-0.1, -0.05) is 12.1 Å². The molecule has 3 aromatic rings. The number of halogens is 1. The van der Waals surface area contributed by atoms with E-state index < -0.39 is 17.8 Å². The average Bonchev–Trinajstić information content (AvgIpc) is 3.22. The van der Waals surface area contributed by atoms with Gasteiger partial charge in [-0.15, -0.1) is 5.10 Å². The van der Waals surface area contributed by atoms with Crippen molar-refractivity contribution in [2.45, 2.75) is 12.5 Å². The first-order valence-corrected chi connectivity index (χ1v) is 8.51. The number of methoxy groups -OCH3 is 1. The first-order chi connectivity index (χ1) is 13.5. The van der Waals surface area contributed by atoms with Crippen LogP contribution in [0, 0.1) is 5.82 Å². The first kappa shape index (κ1) is 17.7. The van der Waals surface area contributed by atoms with Gasteiger partial charge in [-0.3, -0.25) is 14.9 Å². The monoisotopic (exact) mass is 381 g/mol. The van der Waals surface area contributed by atoms with Crippen LogP contribution in [0.25, 0.3) is 11.4 Å². The second-order valence-corrected chi connectivity index (χ2v) is 6.17. The largest absolute Gasteiger partial charge is 0.497 e. The first-order valence-electron chi connectivity index (χ1n) is 8.51. The molecule has 1 atom stereocenters. The van der Waals surface area contributed by atoms with E-state index in [0.717, 1.165) is 5.56 Å². The molecule has 0 radical (unpaired) electrons. The van der Waals surface area contributed by atoms with Gasteiger partial charge in [0.05, 0.1) is 19.2 Å². The highest BCUT2D eigenvalue weighted by Crippen LogP contribution is 2.29. The Labute approximate surface area is 159 Å². The molecule has 28 heavy (non-hydrogen) atoms. The summed E-state index contributed by atoms with van der Waals surface area (Å²) in [7, 11) is 1.57. The lowest BCUT2D eigenvalue weighted by molar-refractivity contribution is -0.123. The molecular formula is C19H16FN5O3. The van der Waals surface area contributed by atoms with Crippen LogP contribution in [0.15, 0.2) is 48.5 Å². The number of carbonyl (C=O) groups is 2. The van der Waals surface area contributed by atoms with Crippen LogP contribution in [0.3, 0.4) is 0 Å². The molecule has 2 N–H and O–H groups in total. The lowest BCUT2D eigenvalue weighted by atomic mass is 10.2. The second kappa shape index (κ2) is 7.10. The Hall–Kier alpha value is -3.75. The summed E-state index contributed by atoms with van der Waals surface area (Å²) in [6.07, 6.45) is -0.196. The van der Waals surface area contributed by atoms with Gasteiger partial charge >= 0.3 is 0 Å². The predicted molar refractivity (Wildman–Crippen MR) is 99.3 cm³/mol. The van der Waals surface area contributed by atoms with Crippen LogP contribution in [0.5, 0.6) is 5.75 Å². The van der Waals surface area contributed by atoms with Gasteiger partial charge in [0.1, 0.15) is 17.6 Å². The summed E-state index contributed by atoms with van der Waals surface area (Å²) in [5, 5.41) is 9.44. The summed E-state index contributed by atoms with van der Waals surface area (Å²) < 4.78 is 20.2. The van der Waals surface area contributed by atoms with Gasteiger partial charge in [0.2, 0.25) is 11.9 Å². The minimum Gasteiger partial charge on any atom is -0.497 e. The third-order valence-electron chi connectivity index (χ3n) is 4.34. The van der Waals surface area contributed by atoms with Crippen LogP contribution in [-0.4, -0.2) is 33.7 Å². The predicted octanol–water partition coefficient (Wildman–Crippen LogP) is 2.61. The molecule has 0 bridgehead atoms. The lowest BCUT2D eigenvalue weighted by Crippen LogP contribution is -2.24. The van der Waals surface area contributed by atoms with Crippen molar-refractivity contribution >= 4 is 23.5 Å². The normalized spacial score (nSPS) is 15.1. The van der Waals surface area contributed by atoms with E-state index in [1.165, 1.54) is 22.9 Å². The van der Waals surface area contributed by atoms with E-state index in [-0.39, 0.29) is 24.0 Å². The van der Waals surface area contributed by atoms with E-state index >= 15 is 0 Å². The lowest BCUT2D eigenvalue weighted by Gasteiger charge is -2.10. The fraction of sp³-hybridized carbons (Fsp3) is 0.158. The summed E-state index contributed by atoms with van der Waals surface area (Å²) >= 11 is 0. The smallest absolute Gasteiger partial charge is 0.252 e. The van der Waals surface area contributed by atoms with Gasteiger partial charge in [0, 0.05) is 5.56 Å². The van der Waals surface area contributed by atoms with Crippen LogP contribution in [0.1, 0.15) is 12.5 Å². The second-order valence-electron chi connectivity index (χ2n) is 6.17. The standard InChI is InChI=1S/C19H16FN5O3/c1-28-12-8-6-11(7-9-12)17-22-19-23-18(27)15(25(19)24-17)10-16(26)21-14-5-3-2-4-13(14)20/h2-9,15H,10H2,1H3,(H,21,26)(H,22,23,24,27). The van der Waals surface area contributed by atoms with Crippen LogP contribution in [0.2, 0.25) is 0 Å². The molecule has 4 rings (SSSR count). The molecule has 0 fully saturated rings. The number of hydrogen-bond acceptors (Lipinski definition) is 5. The highest BCUT2D eigenvalue weighted by molar-refractivity contribution is 6.01. The Morgan fingerprint density at radius 2 is 2.00 bits per heavy atom. The average molecular weight is 381 g/mol. The molecular weight excluding hydrogens is 365 g/mol. The molecule has 142 valence electrons. The Morgan fingerprint density at radius 3 is 2.71 bits per heavy atom. The number of carbonyl (C=O) groups excluding carboxylic acids is 2. The van der Waals surface area contributed by atoms with Crippen molar-refractivity contribution in [2.24, 2.45) is 0 Å². The maximum atomic E-state index is 13.7. The molecule has 0 saturated heterocycles. The van der Waals surface area contributed by atoms with Crippen molar-refractivity contribution in [1.82, 2.24) is 14.8 Å². The van der Waals surface area contributed by atoms with Crippen molar-refractivity contribution in [3.05, 3.63) is 54.3 Å². The van der Waals surface area contributed by atoms with Crippen molar-refractivity contribution in [1.29, 1.82) is 0 Å². The quantitative estimate of drug-likeness (QED) is 0.708. The summed E-state index contributed by atoms with van der Waals surface area (Å²) in [6, 6.07) is 12.1. The van der Waals surface area contributed by atoms with Crippen molar-refractivity contribution in [3.63, 3.8) is 0 Å². The number of anilines is 2. The molecule has 0 aliphatic carbocycles. The number of amides is 2. The van der Waals surface area contributed by atoms with Gasteiger partial charge in [-0.25, -0.2) is 9.07 Å². The summed E-state index contributed by atoms with van der Waals surface area (Å²) in [5.41, 5.74) is 0.801. The molecule has 1 unspecified atom stereocenters. The molecule has 1 aromatic heterocycles. The number of fused-ring (bicyclic) bond motifs is 1. The Bertz CT molecular complexity index is 1050. The van der Waals surface area contributed by atoms with Crippen LogP contribution in [-0.2, 0) is 9.59 Å². The molecule has 2 heterocycles. The molecule has 2 amide bonds. The zero-order valence-electron chi connectivity index (χ0n) is 14.8. The molecule has 1 aliphatic heterocycles. The van der Waals surface area contributed by atoms with Crippen molar-refractivity contribution < 1.29 is 18.7 Å². The molecule has 1 aliphatic rings. The number of rotatable bonds is 5. The number of aromatic nitrogens is 3. The number of para-hydroxylation sites is 1. The Morgan fingerprint density at radius 1 is 1.25 bits per heavy atom. The highest BCUT2D eigenvalue weighted by Gasteiger charge is 2.35. The number of nitrogens with zero attached hydrogens (tertiary/aromatic N) is 3. The summed E-state index contributed by atoms with van der Waals surface area (Å²) in [6.45, 7) is 0. The number of hydrogen-bond donors (Lipinski definition) is 2. The maximum absolute atomic E-state index is 13.7. The zero-order valence-corrected chi connectivity index (χ0v) is 14.8. The fourth-order valence-corrected chi connectivity index (χ4v) is 2.91. The Balaban J connectivity index is 1.52. The third-order valence-corrected chi connectivity index (χ3v) is 4.34. The third kappa shape index (κ3) is 3.29. The summed E-state index contributed by atoms with van der Waals surface area (Å²) in [5.74, 6) is -0.0577. The summed E-state index contributed by atoms with van der Waals surface area (Å²) in [4.78, 5) is 28.8. The van der Waals surface area contributed by atoms with Crippen LogP contribution < -0.4 is 15.4 Å².